The Labute approximate surface area is 123 Å². The molecule has 2 N–H and O–H groups in total. The lowest BCUT2D eigenvalue weighted by atomic mass is 9.93. The van der Waals surface area contributed by atoms with Crippen LogP contribution in [0.25, 0.3) is 0 Å². The Balaban J connectivity index is 2.25. The molecule has 20 heavy (non-hydrogen) atoms. The van der Waals surface area contributed by atoms with Crippen molar-refractivity contribution in [2.45, 2.75) is 51.1 Å². The van der Waals surface area contributed by atoms with Gasteiger partial charge in [0.25, 0.3) is 0 Å². The largest absolute Gasteiger partial charge is 0.496 e. The summed E-state index contributed by atoms with van der Waals surface area (Å²) in [6.45, 7) is 4.08. The van der Waals surface area contributed by atoms with Crippen LogP contribution in [-0.2, 0) is 0 Å². The molecule has 0 spiro atoms. The standard InChI is InChI=1S/C17H28N2O/c1-3-8-14-9-6-7-12-19(14)16(13-18)15-10-4-5-11-17(15)20-2/h4-5,10-11,14,16H,3,6-9,12-13,18H2,1-2H3. The van der Waals surface area contributed by atoms with Crippen LogP contribution in [0.2, 0.25) is 0 Å². The van der Waals surface area contributed by atoms with Crippen molar-refractivity contribution in [2.75, 3.05) is 20.2 Å². The Morgan fingerprint density at radius 3 is 2.85 bits per heavy atom. The predicted octanol–water partition coefficient (Wildman–Crippen LogP) is 3.35. The SMILES string of the molecule is CCCC1CCCCN1C(CN)c1ccccc1OC. The number of nitrogens with two attached hydrogens (primary N) is 1. The van der Waals surface area contributed by atoms with Gasteiger partial charge in [-0.2, -0.15) is 0 Å². The summed E-state index contributed by atoms with van der Waals surface area (Å²) < 4.78 is 5.53. The van der Waals surface area contributed by atoms with Crippen LogP contribution in [0.4, 0.5) is 0 Å². The van der Waals surface area contributed by atoms with E-state index in [0.717, 1.165) is 12.3 Å². The van der Waals surface area contributed by atoms with Crippen LogP contribution in [0.3, 0.4) is 0 Å². The summed E-state index contributed by atoms with van der Waals surface area (Å²) in [6.07, 6.45) is 6.45. The maximum Gasteiger partial charge on any atom is 0.123 e. The molecular formula is C17H28N2O. The highest BCUT2D eigenvalue weighted by Gasteiger charge is 2.29. The molecule has 1 aromatic rings. The number of rotatable bonds is 6. The maximum atomic E-state index is 6.12. The van der Waals surface area contributed by atoms with Crippen molar-refractivity contribution in [3.63, 3.8) is 0 Å². The molecule has 1 fully saturated rings. The zero-order valence-electron chi connectivity index (χ0n) is 12.8. The van der Waals surface area contributed by atoms with Crippen LogP contribution in [-0.4, -0.2) is 31.1 Å². The number of para-hydroxylation sites is 1. The molecule has 1 saturated heterocycles. The van der Waals surface area contributed by atoms with Crippen molar-refractivity contribution in [1.82, 2.24) is 4.90 Å². The first kappa shape index (κ1) is 15.3. The molecule has 0 bridgehead atoms. The zero-order valence-corrected chi connectivity index (χ0v) is 12.8. The molecule has 0 saturated carbocycles. The molecule has 3 heteroatoms. The third-order valence-electron chi connectivity index (χ3n) is 4.42. The summed E-state index contributed by atoms with van der Waals surface area (Å²) in [5, 5.41) is 0. The first-order valence-electron chi connectivity index (χ1n) is 7.90. The molecule has 2 unspecified atom stereocenters. The summed E-state index contributed by atoms with van der Waals surface area (Å²) in [5.74, 6) is 0.962. The summed E-state index contributed by atoms with van der Waals surface area (Å²) in [4.78, 5) is 2.62. The van der Waals surface area contributed by atoms with Crippen molar-refractivity contribution in [3.8, 4) is 5.75 Å². The molecular weight excluding hydrogens is 248 g/mol. The number of ether oxygens (including phenoxy) is 1. The quantitative estimate of drug-likeness (QED) is 0.866. The highest BCUT2D eigenvalue weighted by Crippen LogP contribution is 2.34. The van der Waals surface area contributed by atoms with Crippen LogP contribution in [0.1, 0.15) is 50.6 Å². The van der Waals surface area contributed by atoms with E-state index in [-0.39, 0.29) is 6.04 Å². The van der Waals surface area contributed by atoms with E-state index in [1.54, 1.807) is 7.11 Å². The average Bonchev–Trinajstić information content (AvgIpc) is 2.50. The van der Waals surface area contributed by atoms with Gasteiger partial charge in [0.1, 0.15) is 5.75 Å². The average molecular weight is 276 g/mol. The van der Waals surface area contributed by atoms with E-state index in [9.17, 15) is 0 Å². The van der Waals surface area contributed by atoms with Gasteiger partial charge in [0.05, 0.1) is 13.2 Å². The van der Waals surface area contributed by atoms with Gasteiger partial charge in [-0.3, -0.25) is 4.90 Å². The molecule has 1 aliphatic heterocycles. The lowest BCUT2D eigenvalue weighted by Crippen LogP contribution is -2.44. The van der Waals surface area contributed by atoms with Crippen molar-refractivity contribution >= 4 is 0 Å². The number of likely N-dealkylation sites (tertiary alicyclic amines) is 1. The Hall–Kier alpha value is -1.06. The van der Waals surface area contributed by atoms with Crippen molar-refractivity contribution in [1.29, 1.82) is 0 Å². The molecule has 2 rings (SSSR count). The molecule has 1 heterocycles. The lowest BCUT2D eigenvalue weighted by molar-refractivity contribution is 0.0899. The summed E-state index contributed by atoms with van der Waals surface area (Å²) >= 11 is 0. The third kappa shape index (κ3) is 3.33. The van der Waals surface area contributed by atoms with Crippen LogP contribution >= 0.6 is 0 Å². The molecule has 3 nitrogen and oxygen atoms in total. The minimum atomic E-state index is 0.281. The number of hydrogen-bond donors (Lipinski definition) is 1. The monoisotopic (exact) mass is 276 g/mol. The topological polar surface area (TPSA) is 38.5 Å². The number of benzene rings is 1. The van der Waals surface area contributed by atoms with Gasteiger partial charge >= 0.3 is 0 Å². The second kappa shape index (κ2) is 7.65. The Kier molecular flexibility index (Phi) is 5.86. The molecule has 1 aromatic carbocycles. The molecule has 0 aliphatic carbocycles. The van der Waals surface area contributed by atoms with Gasteiger partial charge in [-0.25, -0.2) is 0 Å². The van der Waals surface area contributed by atoms with E-state index in [2.05, 4.69) is 24.0 Å². The Bertz CT molecular complexity index is 406. The minimum Gasteiger partial charge on any atom is -0.496 e. The van der Waals surface area contributed by atoms with E-state index in [1.165, 1.54) is 37.7 Å². The van der Waals surface area contributed by atoms with Gasteiger partial charge in [-0.1, -0.05) is 38.0 Å². The molecule has 0 radical (unpaired) electrons. The first-order valence-corrected chi connectivity index (χ1v) is 7.90. The summed E-state index contributed by atoms with van der Waals surface area (Å²) in [6, 6.07) is 9.26. The fourth-order valence-corrected chi connectivity index (χ4v) is 3.46. The number of hydrogen-bond acceptors (Lipinski definition) is 3. The number of nitrogens with zero attached hydrogens (tertiary/aromatic N) is 1. The third-order valence-corrected chi connectivity index (χ3v) is 4.42. The second-order valence-corrected chi connectivity index (χ2v) is 5.67. The number of methoxy groups -OCH3 is 1. The number of piperidine rings is 1. The molecule has 0 amide bonds. The second-order valence-electron chi connectivity index (χ2n) is 5.67. The normalized spacial score (nSPS) is 21.6. The van der Waals surface area contributed by atoms with Crippen molar-refractivity contribution in [3.05, 3.63) is 29.8 Å². The maximum absolute atomic E-state index is 6.12. The van der Waals surface area contributed by atoms with Gasteiger partial charge in [-0.05, 0) is 31.9 Å². The zero-order chi connectivity index (χ0) is 14.4. The fourth-order valence-electron chi connectivity index (χ4n) is 3.46. The van der Waals surface area contributed by atoms with Crippen LogP contribution in [0, 0.1) is 0 Å². The van der Waals surface area contributed by atoms with E-state index < -0.39 is 0 Å². The van der Waals surface area contributed by atoms with E-state index >= 15 is 0 Å². The van der Waals surface area contributed by atoms with Gasteiger partial charge < -0.3 is 10.5 Å². The smallest absolute Gasteiger partial charge is 0.123 e. The Morgan fingerprint density at radius 1 is 1.35 bits per heavy atom. The van der Waals surface area contributed by atoms with Gasteiger partial charge in [0.2, 0.25) is 0 Å². The van der Waals surface area contributed by atoms with Crippen LogP contribution in [0.15, 0.2) is 24.3 Å². The summed E-state index contributed by atoms with van der Waals surface area (Å²) in [5.41, 5.74) is 7.36. The minimum absolute atomic E-state index is 0.281. The Morgan fingerprint density at radius 2 is 2.15 bits per heavy atom. The first-order chi connectivity index (χ1) is 9.81. The van der Waals surface area contributed by atoms with Crippen molar-refractivity contribution in [2.24, 2.45) is 5.73 Å². The van der Waals surface area contributed by atoms with E-state index in [4.69, 9.17) is 10.5 Å². The van der Waals surface area contributed by atoms with E-state index in [1.807, 2.05) is 12.1 Å². The van der Waals surface area contributed by atoms with Crippen LogP contribution in [0.5, 0.6) is 5.75 Å². The lowest BCUT2D eigenvalue weighted by Gasteiger charge is -2.41. The molecule has 2 atom stereocenters. The fraction of sp³-hybridized carbons (Fsp3) is 0.647. The van der Waals surface area contributed by atoms with E-state index in [0.29, 0.717) is 12.6 Å². The van der Waals surface area contributed by atoms with Crippen LogP contribution < -0.4 is 10.5 Å². The highest BCUT2D eigenvalue weighted by atomic mass is 16.5. The van der Waals surface area contributed by atoms with Gasteiger partial charge in [0, 0.05) is 18.2 Å². The molecule has 1 aliphatic rings. The van der Waals surface area contributed by atoms with Crippen molar-refractivity contribution < 1.29 is 4.74 Å². The highest BCUT2D eigenvalue weighted by molar-refractivity contribution is 5.36. The van der Waals surface area contributed by atoms with Gasteiger partial charge in [-0.15, -0.1) is 0 Å². The molecule has 0 aromatic heterocycles. The predicted molar refractivity (Wildman–Crippen MR) is 84.0 cm³/mol. The molecule has 112 valence electrons. The summed E-state index contributed by atoms with van der Waals surface area (Å²) in [7, 11) is 1.74. The van der Waals surface area contributed by atoms with Gasteiger partial charge in [0.15, 0.2) is 0 Å².